The van der Waals surface area contributed by atoms with E-state index in [1.165, 1.54) is 122 Å². The molecule has 0 amide bonds. The van der Waals surface area contributed by atoms with Gasteiger partial charge in [0.1, 0.15) is 13.2 Å². The predicted molar refractivity (Wildman–Crippen MR) is 219 cm³/mol. The molecule has 0 N–H and O–H groups in total. The van der Waals surface area contributed by atoms with Gasteiger partial charge in [-0.25, -0.2) is 0 Å². The Kier molecular flexibility index (Phi) is 36.5. The fourth-order valence-electron chi connectivity index (χ4n) is 6.24. The molecule has 318 valence electrons. The highest BCUT2D eigenvalue weighted by atomic mass is 16.7. The zero-order valence-corrected chi connectivity index (χ0v) is 35.9. The van der Waals surface area contributed by atoms with Crippen LogP contribution in [0.15, 0.2) is 12.2 Å². The average molecular weight is 768 g/mol. The van der Waals surface area contributed by atoms with Crippen molar-refractivity contribution in [3.05, 3.63) is 12.2 Å². The molecule has 0 radical (unpaired) electrons. The van der Waals surface area contributed by atoms with Gasteiger partial charge in [0.15, 0.2) is 12.4 Å². The van der Waals surface area contributed by atoms with Gasteiger partial charge >= 0.3 is 11.9 Å². The summed E-state index contributed by atoms with van der Waals surface area (Å²) >= 11 is 0. The van der Waals surface area contributed by atoms with Crippen molar-refractivity contribution in [2.45, 2.75) is 212 Å². The van der Waals surface area contributed by atoms with Crippen molar-refractivity contribution in [3.8, 4) is 0 Å². The number of nitrogens with zero attached hydrogens (tertiary/aromatic N) is 1. The van der Waals surface area contributed by atoms with Crippen molar-refractivity contribution in [1.82, 2.24) is 0 Å². The number of carboxylic acid groups (broad SMARTS) is 1. The molecule has 0 aromatic carbocycles. The van der Waals surface area contributed by atoms with Gasteiger partial charge in [-0.05, 0) is 38.5 Å². The standard InChI is InChI=1S/C45H85NO8/c1-6-8-10-12-14-16-18-19-20-21-22-23-24-26-28-30-32-34-36-43(48)54-41(40-53-45(44(49)50)51-38-37-46(3,4)5)39-52-42(47)35-33-31-29-27-25-17-15-13-11-9-7-2/h20-21,41,45H,6-19,22-40H2,1-5H3/b21-20-. The van der Waals surface area contributed by atoms with Gasteiger partial charge in [-0.2, -0.15) is 0 Å². The number of esters is 2. The van der Waals surface area contributed by atoms with E-state index in [9.17, 15) is 19.5 Å². The number of ether oxygens (including phenoxy) is 4. The second-order valence-corrected chi connectivity index (χ2v) is 16.3. The van der Waals surface area contributed by atoms with E-state index in [0.29, 0.717) is 23.9 Å². The second kappa shape index (κ2) is 37.9. The fraction of sp³-hybridized carbons (Fsp3) is 0.889. The molecule has 0 aliphatic rings. The van der Waals surface area contributed by atoms with E-state index < -0.39 is 24.3 Å². The Labute approximate surface area is 332 Å². The van der Waals surface area contributed by atoms with Crippen LogP contribution in [0.25, 0.3) is 0 Å². The highest BCUT2D eigenvalue weighted by Crippen LogP contribution is 2.14. The van der Waals surface area contributed by atoms with Crippen LogP contribution in [0, 0.1) is 0 Å². The molecule has 0 saturated heterocycles. The van der Waals surface area contributed by atoms with Gasteiger partial charge in [-0.1, -0.05) is 161 Å². The van der Waals surface area contributed by atoms with Crippen LogP contribution in [0.2, 0.25) is 0 Å². The molecule has 0 rings (SSSR count). The monoisotopic (exact) mass is 768 g/mol. The number of aliphatic carboxylic acids is 1. The van der Waals surface area contributed by atoms with Crippen molar-refractivity contribution in [2.75, 3.05) is 47.5 Å². The normalized spacial score (nSPS) is 13.0. The lowest BCUT2D eigenvalue weighted by Crippen LogP contribution is -2.44. The first-order chi connectivity index (χ1) is 26.1. The highest BCUT2D eigenvalue weighted by molar-refractivity contribution is 5.70. The summed E-state index contributed by atoms with van der Waals surface area (Å²) in [6.07, 6.45) is 35.2. The van der Waals surface area contributed by atoms with Crippen LogP contribution in [0.3, 0.4) is 0 Å². The number of rotatable bonds is 41. The summed E-state index contributed by atoms with van der Waals surface area (Å²) in [5.41, 5.74) is 0. The Hall–Kier alpha value is -1.97. The van der Waals surface area contributed by atoms with E-state index >= 15 is 0 Å². The molecule has 0 aromatic heterocycles. The summed E-state index contributed by atoms with van der Waals surface area (Å²) in [6.45, 7) is 4.74. The number of allylic oxidation sites excluding steroid dienone is 2. The molecule has 0 aromatic rings. The summed E-state index contributed by atoms with van der Waals surface area (Å²) in [7, 11) is 5.91. The molecule has 0 fully saturated rings. The molecule has 0 aliphatic heterocycles. The van der Waals surface area contributed by atoms with Crippen LogP contribution >= 0.6 is 0 Å². The van der Waals surface area contributed by atoms with E-state index in [2.05, 4.69) is 26.0 Å². The van der Waals surface area contributed by atoms with Gasteiger partial charge in [-0.3, -0.25) is 9.59 Å². The maximum Gasteiger partial charge on any atom is 0.306 e. The number of likely N-dealkylation sites (N-methyl/N-ethyl adjacent to an activating group) is 1. The molecule has 0 heterocycles. The highest BCUT2D eigenvalue weighted by Gasteiger charge is 2.21. The second-order valence-electron chi connectivity index (χ2n) is 16.3. The SMILES string of the molecule is CCCCCCCCC/C=C\CCCCCCCCCC(=O)OC(COC(=O)CCCCCCCCCCCCC)COC(OCC[N+](C)(C)C)C(=O)[O-]. The van der Waals surface area contributed by atoms with Crippen molar-refractivity contribution in [3.63, 3.8) is 0 Å². The van der Waals surface area contributed by atoms with Crippen molar-refractivity contribution < 1.29 is 42.9 Å². The maximum absolute atomic E-state index is 12.7. The Morgan fingerprint density at radius 2 is 0.944 bits per heavy atom. The molecule has 9 heteroatoms. The Morgan fingerprint density at radius 3 is 1.37 bits per heavy atom. The lowest BCUT2D eigenvalue weighted by atomic mass is 10.1. The molecular formula is C45H85NO8. The third-order valence-electron chi connectivity index (χ3n) is 9.76. The largest absolute Gasteiger partial charge is 0.545 e. The minimum Gasteiger partial charge on any atom is -0.545 e. The molecule has 9 nitrogen and oxygen atoms in total. The van der Waals surface area contributed by atoms with Crippen LogP contribution < -0.4 is 5.11 Å². The summed E-state index contributed by atoms with van der Waals surface area (Å²) in [4.78, 5) is 36.9. The fourth-order valence-corrected chi connectivity index (χ4v) is 6.24. The van der Waals surface area contributed by atoms with Crippen LogP contribution in [-0.4, -0.2) is 82.3 Å². The maximum atomic E-state index is 12.7. The minimum absolute atomic E-state index is 0.150. The number of quaternary nitrogens is 1. The topological polar surface area (TPSA) is 111 Å². The van der Waals surface area contributed by atoms with Gasteiger partial charge in [0.25, 0.3) is 0 Å². The van der Waals surface area contributed by atoms with Gasteiger partial charge in [0.2, 0.25) is 0 Å². The Morgan fingerprint density at radius 1 is 0.537 bits per heavy atom. The minimum atomic E-state index is -1.62. The van der Waals surface area contributed by atoms with E-state index in [0.717, 1.165) is 44.9 Å². The molecular weight excluding hydrogens is 682 g/mol. The zero-order chi connectivity index (χ0) is 40.0. The summed E-state index contributed by atoms with van der Waals surface area (Å²) < 4.78 is 22.5. The third kappa shape index (κ3) is 38.3. The summed E-state index contributed by atoms with van der Waals surface area (Å²) in [6, 6.07) is 0. The molecule has 54 heavy (non-hydrogen) atoms. The molecule has 0 bridgehead atoms. The first kappa shape index (κ1) is 52.0. The number of unbranched alkanes of at least 4 members (excludes halogenated alkanes) is 24. The van der Waals surface area contributed by atoms with Crippen LogP contribution in [0.5, 0.6) is 0 Å². The summed E-state index contributed by atoms with van der Waals surface area (Å²) in [5, 5.41) is 11.7. The summed E-state index contributed by atoms with van der Waals surface area (Å²) in [5.74, 6) is -2.28. The molecule has 2 unspecified atom stereocenters. The quantitative estimate of drug-likeness (QED) is 0.0199. The van der Waals surface area contributed by atoms with Crippen LogP contribution in [0.4, 0.5) is 0 Å². The number of hydrogen-bond donors (Lipinski definition) is 0. The molecule has 0 saturated carbocycles. The van der Waals surface area contributed by atoms with Crippen molar-refractivity contribution >= 4 is 17.9 Å². The number of carboxylic acids is 1. The lowest BCUT2D eigenvalue weighted by Gasteiger charge is -2.26. The van der Waals surface area contributed by atoms with Crippen molar-refractivity contribution in [2.24, 2.45) is 0 Å². The Balaban J connectivity index is 4.40. The zero-order valence-electron chi connectivity index (χ0n) is 35.9. The van der Waals surface area contributed by atoms with Crippen molar-refractivity contribution in [1.29, 1.82) is 0 Å². The van der Waals surface area contributed by atoms with Crippen LogP contribution in [0.1, 0.15) is 200 Å². The predicted octanol–water partition coefficient (Wildman–Crippen LogP) is 10.2. The van der Waals surface area contributed by atoms with Gasteiger partial charge in [0.05, 0.1) is 40.3 Å². The molecule has 0 aliphatic carbocycles. The third-order valence-corrected chi connectivity index (χ3v) is 9.76. The molecule has 2 atom stereocenters. The smallest absolute Gasteiger partial charge is 0.306 e. The average Bonchev–Trinajstić information content (AvgIpc) is 3.12. The first-order valence-corrected chi connectivity index (χ1v) is 22.3. The molecule has 0 spiro atoms. The van der Waals surface area contributed by atoms with E-state index in [-0.39, 0.29) is 32.2 Å². The van der Waals surface area contributed by atoms with E-state index in [1.54, 1.807) is 0 Å². The Bertz CT molecular complexity index is 903. The number of carbonyl (C=O) groups excluding carboxylic acids is 3. The number of carbonyl (C=O) groups is 3. The van der Waals surface area contributed by atoms with E-state index in [1.807, 2.05) is 21.1 Å². The first-order valence-electron chi connectivity index (χ1n) is 22.3. The van der Waals surface area contributed by atoms with Gasteiger partial charge < -0.3 is 33.3 Å². The number of hydrogen-bond acceptors (Lipinski definition) is 8. The van der Waals surface area contributed by atoms with Crippen LogP contribution in [-0.2, 0) is 33.3 Å². The van der Waals surface area contributed by atoms with E-state index in [4.69, 9.17) is 18.9 Å². The lowest BCUT2D eigenvalue weighted by molar-refractivity contribution is -0.870. The van der Waals surface area contributed by atoms with Gasteiger partial charge in [-0.15, -0.1) is 0 Å². The van der Waals surface area contributed by atoms with Gasteiger partial charge in [0, 0.05) is 12.8 Å².